The van der Waals surface area contributed by atoms with E-state index in [9.17, 15) is 9.59 Å². The van der Waals surface area contributed by atoms with Crippen LogP contribution in [0.15, 0.2) is 48.5 Å². The van der Waals surface area contributed by atoms with Crippen molar-refractivity contribution < 1.29 is 14.3 Å². The van der Waals surface area contributed by atoms with Gasteiger partial charge >= 0.3 is 0 Å². The minimum Gasteiger partial charge on any atom is -0.497 e. The molecule has 0 bridgehead atoms. The predicted octanol–water partition coefficient (Wildman–Crippen LogP) is 3.06. The fourth-order valence-corrected chi connectivity index (χ4v) is 2.60. The molecule has 2 aromatic carbocycles. The highest BCUT2D eigenvalue weighted by molar-refractivity contribution is 6.30. The first-order valence-electron chi connectivity index (χ1n) is 8.37. The second-order valence-electron chi connectivity index (χ2n) is 5.95. The number of benzene rings is 2. The third-order valence-electron chi connectivity index (χ3n) is 3.99. The normalized spacial score (nSPS) is 10.3. The van der Waals surface area contributed by atoms with Crippen molar-refractivity contribution >= 4 is 23.4 Å². The van der Waals surface area contributed by atoms with Gasteiger partial charge in [-0.25, -0.2) is 0 Å². The van der Waals surface area contributed by atoms with Gasteiger partial charge in [0.25, 0.3) is 0 Å². The molecule has 0 saturated heterocycles. The summed E-state index contributed by atoms with van der Waals surface area (Å²) in [6, 6.07) is 14.9. The predicted molar refractivity (Wildman–Crippen MR) is 102 cm³/mol. The maximum Gasteiger partial charge on any atom is 0.239 e. The lowest BCUT2D eigenvalue weighted by Gasteiger charge is -2.20. The van der Waals surface area contributed by atoms with Gasteiger partial charge in [-0.15, -0.1) is 0 Å². The van der Waals surface area contributed by atoms with Crippen molar-refractivity contribution in [1.29, 1.82) is 0 Å². The van der Waals surface area contributed by atoms with Crippen LogP contribution < -0.4 is 10.1 Å². The van der Waals surface area contributed by atoms with Gasteiger partial charge in [0.05, 0.1) is 13.7 Å². The molecule has 0 unspecified atom stereocenters. The van der Waals surface area contributed by atoms with Crippen LogP contribution >= 0.6 is 11.6 Å². The van der Waals surface area contributed by atoms with Crippen LogP contribution in [0.2, 0.25) is 5.02 Å². The van der Waals surface area contributed by atoms with E-state index >= 15 is 0 Å². The van der Waals surface area contributed by atoms with E-state index in [-0.39, 0.29) is 18.4 Å². The lowest BCUT2D eigenvalue weighted by molar-refractivity contribution is -0.134. The Morgan fingerprint density at radius 1 is 1.12 bits per heavy atom. The quantitative estimate of drug-likeness (QED) is 0.772. The van der Waals surface area contributed by atoms with E-state index in [2.05, 4.69) is 5.32 Å². The molecule has 0 aromatic heterocycles. The van der Waals surface area contributed by atoms with Crippen molar-refractivity contribution in [3.8, 4) is 5.75 Å². The van der Waals surface area contributed by atoms with Crippen LogP contribution in [0.4, 0.5) is 0 Å². The second kappa shape index (κ2) is 9.82. The van der Waals surface area contributed by atoms with E-state index in [1.807, 2.05) is 36.4 Å². The van der Waals surface area contributed by atoms with E-state index < -0.39 is 0 Å². The zero-order chi connectivity index (χ0) is 18.9. The highest BCUT2D eigenvalue weighted by atomic mass is 35.5. The summed E-state index contributed by atoms with van der Waals surface area (Å²) in [5, 5.41) is 3.48. The smallest absolute Gasteiger partial charge is 0.239 e. The molecule has 1 N–H and O–H groups in total. The molecule has 0 saturated carbocycles. The molecule has 0 spiro atoms. The molecule has 2 amide bonds. The molecule has 0 heterocycles. The summed E-state index contributed by atoms with van der Waals surface area (Å²) in [6.07, 6.45) is 0.654. The summed E-state index contributed by atoms with van der Waals surface area (Å²) >= 11 is 5.84. The largest absolute Gasteiger partial charge is 0.497 e. The molecule has 0 fully saturated rings. The molecular weight excluding hydrogens is 352 g/mol. The third-order valence-corrected chi connectivity index (χ3v) is 4.24. The molecule has 0 aliphatic rings. The Bertz CT molecular complexity index is 747. The van der Waals surface area contributed by atoms with Gasteiger partial charge < -0.3 is 15.0 Å². The van der Waals surface area contributed by atoms with E-state index in [1.165, 1.54) is 11.8 Å². The van der Waals surface area contributed by atoms with Crippen molar-refractivity contribution in [2.45, 2.75) is 19.9 Å². The van der Waals surface area contributed by atoms with Gasteiger partial charge in [0.2, 0.25) is 11.8 Å². The number of amides is 2. The summed E-state index contributed by atoms with van der Waals surface area (Å²) in [6.45, 7) is 2.37. The molecular formula is C20H23ClN2O3. The van der Waals surface area contributed by atoms with Crippen molar-refractivity contribution in [3.63, 3.8) is 0 Å². The zero-order valence-electron chi connectivity index (χ0n) is 15.0. The van der Waals surface area contributed by atoms with Crippen LogP contribution in [0.3, 0.4) is 0 Å². The number of ether oxygens (including phenoxy) is 1. The molecule has 138 valence electrons. The topological polar surface area (TPSA) is 58.6 Å². The van der Waals surface area contributed by atoms with E-state index in [0.717, 1.165) is 16.9 Å². The standard InChI is InChI=1S/C20H23ClN2O3/c1-15(24)23(11-10-16-4-3-5-19(12-16)26-2)14-20(25)22-13-17-6-8-18(21)9-7-17/h3-9,12H,10-11,13-14H2,1-2H3,(H,22,25). The van der Waals surface area contributed by atoms with Crippen LogP contribution in [-0.4, -0.2) is 36.9 Å². The number of nitrogens with zero attached hydrogens (tertiary/aromatic N) is 1. The highest BCUT2D eigenvalue weighted by Gasteiger charge is 2.13. The molecule has 5 nitrogen and oxygen atoms in total. The number of hydrogen-bond acceptors (Lipinski definition) is 3. The van der Waals surface area contributed by atoms with Gasteiger partial charge in [0, 0.05) is 25.0 Å². The Balaban J connectivity index is 1.85. The van der Waals surface area contributed by atoms with E-state index in [4.69, 9.17) is 16.3 Å². The van der Waals surface area contributed by atoms with Gasteiger partial charge in [-0.2, -0.15) is 0 Å². The molecule has 0 aliphatic heterocycles. The van der Waals surface area contributed by atoms with Gasteiger partial charge in [0.1, 0.15) is 5.75 Å². The number of hydrogen-bond donors (Lipinski definition) is 1. The van der Waals surface area contributed by atoms with Gasteiger partial charge in [-0.1, -0.05) is 35.9 Å². The fraction of sp³-hybridized carbons (Fsp3) is 0.300. The van der Waals surface area contributed by atoms with Crippen molar-refractivity contribution in [2.24, 2.45) is 0 Å². The Labute approximate surface area is 158 Å². The van der Waals surface area contributed by atoms with Gasteiger partial charge in [-0.05, 0) is 41.8 Å². The SMILES string of the molecule is COc1cccc(CCN(CC(=O)NCc2ccc(Cl)cc2)C(C)=O)c1. The highest BCUT2D eigenvalue weighted by Crippen LogP contribution is 2.13. The van der Waals surface area contributed by atoms with Crippen molar-refractivity contribution in [1.82, 2.24) is 10.2 Å². The van der Waals surface area contributed by atoms with E-state index in [0.29, 0.717) is 24.5 Å². The molecule has 26 heavy (non-hydrogen) atoms. The van der Waals surface area contributed by atoms with Crippen molar-refractivity contribution in [3.05, 3.63) is 64.7 Å². The summed E-state index contributed by atoms with van der Waals surface area (Å²) in [7, 11) is 1.62. The van der Waals surface area contributed by atoms with E-state index in [1.54, 1.807) is 19.2 Å². The minimum atomic E-state index is -0.194. The number of carbonyl (C=O) groups excluding carboxylic acids is 2. The number of carbonyl (C=O) groups is 2. The Kier molecular flexibility index (Phi) is 7.48. The summed E-state index contributed by atoms with van der Waals surface area (Å²) in [4.78, 5) is 25.5. The number of nitrogens with one attached hydrogen (secondary N) is 1. The maximum absolute atomic E-state index is 12.2. The van der Waals surface area contributed by atoms with Crippen LogP contribution in [0.1, 0.15) is 18.1 Å². The Morgan fingerprint density at radius 2 is 1.85 bits per heavy atom. The number of methoxy groups -OCH3 is 1. The zero-order valence-corrected chi connectivity index (χ0v) is 15.8. The maximum atomic E-state index is 12.2. The Hall–Kier alpha value is -2.53. The fourth-order valence-electron chi connectivity index (χ4n) is 2.47. The van der Waals surface area contributed by atoms with Gasteiger partial charge in [0.15, 0.2) is 0 Å². The van der Waals surface area contributed by atoms with Gasteiger partial charge in [-0.3, -0.25) is 9.59 Å². The molecule has 0 aliphatic carbocycles. The summed E-state index contributed by atoms with van der Waals surface area (Å²) in [5.74, 6) is 0.452. The van der Waals surface area contributed by atoms with Crippen LogP contribution in [0, 0.1) is 0 Å². The van der Waals surface area contributed by atoms with Crippen molar-refractivity contribution in [2.75, 3.05) is 20.2 Å². The Morgan fingerprint density at radius 3 is 2.50 bits per heavy atom. The first-order chi connectivity index (χ1) is 12.5. The average Bonchev–Trinajstić information content (AvgIpc) is 2.64. The lowest BCUT2D eigenvalue weighted by atomic mass is 10.1. The molecule has 0 atom stereocenters. The van der Waals surface area contributed by atoms with Crippen LogP contribution in [-0.2, 0) is 22.6 Å². The second-order valence-corrected chi connectivity index (χ2v) is 6.38. The minimum absolute atomic E-state index is 0.0346. The number of rotatable bonds is 8. The first kappa shape index (κ1) is 19.8. The molecule has 2 rings (SSSR count). The van der Waals surface area contributed by atoms with Crippen LogP contribution in [0.5, 0.6) is 5.75 Å². The average molecular weight is 375 g/mol. The lowest BCUT2D eigenvalue weighted by Crippen LogP contribution is -2.40. The number of halogens is 1. The first-order valence-corrected chi connectivity index (χ1v) is 8.75. The third kappa shape index (κ3) is 6.41. The molecule has 2 aromatic rings. The van der Waals surface area contributed by atoms with Crippen LogP contribution in [0.25, 0.3) is 0 Å². The molecule has 0 radical (unpaired) electrons. The summed E-state index contributed by atoms with van der Waals surface area (Å²) in [5.41, 5.74) is 2.01. The summed E-state index contributed by atoms with van der Waals surface area (Å²) < 4.78 is 5.20. The molecule has 6 heteroatoms. The monoisotopic (exact) mass is 374 g/mol.